The number of pyridine rings is 1. The Hall–Kier alpha value is -2.63. The van der Waals surface area contributed by atoms with Gasteiger partial charge in [0.1, 0.15) is 11.5 Å². The van der Waals surface area contributed by atoms with Crippen LogP contribution in [0.5, 0.6) is 0 Å². The number of carbonyl (C=O) groups is 1. The molecule has 0 radical (unpaired) electrons. The fourth-order valence-corrected chi connectivity index (χ4v) is 4.18. The lowest BCUT2D eigenvalue weighted by Gasteiger charge is -2.36. The normalized spacial score (nSPS) is 17.6. The Bertz CT molecular complexity index is 941. The first-order valence-corrected chi connectivity index (χ1v) is 9.83. The molecule has 6 nitrogen and oxygen atoms in total. The largest absolute Gasteiger partial charge is 0.339 e. The molecule has 0 spiro atoms. The number of hydrogen-bond acceptors (Lipinski definition) is 3. The Balaban J connectivity index is 1.48. The van der Waals surface area contributed by atoms with Crippen molar-refractivity contribution in [1.82, 2.24) is 23.8 Å². The van der Waals surface area contributed by atoms with Gasteiger partial charge >= 0.3 is 0 Å². The van der Waals surface area contributed by atoms with Crippen LogP contribution in [0, 0.1) is 13.8 Å². The van der Waals surface area contributed by atoms with Crippen LogP contribution in [0.4, 0.5) is 0 Å². The number of aryl methyl sites for hydroxylation is 3. The van der Waals surface area contributed by atoms with Crippen molar-refractivity contribution in [2.24, 2.45) is 0 Å². The van der Waals surface area contributed by atoms with Crippen molar-refractivity contribution in [3.05, 3.63) is 54.0 Å². The minimum atomic E-state index is 0.218. The molecule has 0 unspecified atom stereocenters. The maximum Gasteiger partial charge on any atom is 0.228 e. The first-order chi connectivity index (χ1) is 13.1. The maximum atomic E-state index is 13.2. The molecule has 6 heteroatoms. The van der Waals surface area contributed by atoms with Gasteiger partial charge in [0.2, 0.25) is 5.91 Å². The Morgan fingerprint density at radius 1 is 1.22 bits per heavy atom. The second-order valence-electron chi connectivity index (χ2n) is 7.44. The van der Waals surface area contributed by atoms with Gasteiger partial charge in [0.05, 0.1) is 17.8 Å². The second-order valence-corrected chi connectivity index (χ2v) is 7.44. The van der Waals surface area contributed by atoms with E-state index in [1.54, 1.807) is 0 Å². The van der Waals surface area contributed by atoms with Gasteiger partial charge in [-0.2, -0.15) is 0 Å². The SMILES string of the molecule is Cc1nc2ccccn2c1CC(=O)N1CCCC[C@H]1CCn1ccnc1C. The molecule has 4 heterocycles. The number of aromatic nitrogens is 4. The quantitative estimate of drug-likeness (QED) is 0.698. The molecule has 0 aromatic carbocycles. The number of likely N-dealkylation sites (tertiary alicyclic amines) is 1. The summed E-state index contributed by atoms with van der Waals surface area (Å²) in [5, 5.41) is 0. The van der Waals surface area contributed by atoms with Crippen LogP contribution in [-0.2, 0) is 17.8 Å². The van der Waals surface area contributed by atoms with Crippen LogP contribution >= 0.6 is 0 Å². The lowest BCUT2D eigenvalue weighted by Crippen LogP contribution is -2.45. The van der Waals surface area contributed by atoms with Crippen LogP contribution < -0.4 is 0 Å². The number of hydrogen-bond donors (Lipinski definition) is 0. The molecule has 1 fully saturated rings. The monoisotopic (exact) mass is 365 g/mol. The van der Waals surface area contributed by atoms with Crippen LogP contribution in [0.1, 0.15) is 42.9 Å². The van der Waals surface area contributed by atoms with E-state index in [9.17, 15) is 4.79 Å². The third-order valence-corrected chi connectivity index (χ3v) is 5.72. The predicted octanol–water partition coefficient (Wildman–Crippen LogP) is 3.16. The zero-order valence-corrected chi connectivity index (χ0v) is 16.1. The number of nitrogens with zero attached hydrogens (tertiary/aromatic N) is 5. The minimum absolute atomic E-state index is 0.218. The average Bonchev–Trinajstić information content (AvgIpc) is 3.23. The molecule has 1 aliphatic rings. The molecule has 3 aromatic heterocycles. The van der Waals surface area contributed by atoms with Gasteiger partial charge in [-0.25, -0.2) is 9.97 Å². The highest BCUT2D eigenvalue weighted by Crippen LogP contribution is 2.22. The summed E-state index contributed by atoms with van der Waals surface area (Å²) in [6, 6.07) is 6.26. The van der Waals surface area contributed by atoms with Crippen molar-refractivity contribution in [3.63, 3.8) is 0 Å². The van der Waals surface area contributed by atoms with Gasteiger partial charge in [0.15, 0.2) is 0 Å². The predicted molar refractivity (Wildman–Crippen MR) is 105 cm³/mol. The highest BCUT2D eigenvalue weighted by Gasteiger charge is 2.27. The van der Waals surface area contributed by atoms with E-state index in [4.69, 9.17) is 0 Å². The van der Waals surface area contributed by atoms with Crippen LogP contribution in [0.15, 0.2) is 36.8 Å². The third-order valence-electron chi connectivity index (χ3n) is 5.72. The molecule has 0 saturated carbocycles. The molecule has 1 aliphatic heterocycles. The van der Waals surface area contributed by atoms with Gasteiger partial charge in [-0.1, -0.05) is 6.07 Å². The van der Waals surface area contributed by atoms with E-state index >= 15 is 0 Å². The van der Waals surface area contributed by atoms with E-state index in [1.807, 2.05) is 55.0 Å². The lowest BCUT2D eigenvalue weighted by atomic mass is 9.98. The standard InChI is InChI=1S/C21H27N5O/c1-16-19(26-12-6-4-8-20(26)23-16)15-21(27)25-11-5-3-7-18(25)9-13-24-14-10-22-17(24)2/h4,6,8,10,12,14,18H,3,5,7,9,11,13,15H2,1-2H3/t18-/m0/s1. The van der Waals surface area contributed by atoms with Crippen LogP contribution in [0.25, 0.3) is 5.65 Å². The molecule has 142 valence electrons. The van der Waals surface area contributed by atoms with Crippen LogP contribution in [0.3, 0.4) is 0 Å². The van der Waals surface area contributed by atoms with E-state index < -0.39 is 0 Å². The molecule has 1 saturated heterocycles. The first-order valence-electron chi connectivity index (χ1n) is 9.83. The van der Waals surface area contributed by atoms with Crippen molar-refractivity contribution in [1.29, 1.82) is 0 Å². The summed E-state index contributed by atoms with van der Waals surface area (Å²) in [6.45, 7) is 5.79. The Labute approximate surface area is 159 Å². The molecule has 1 amide bonds. The molecule has 3 aromatic rings. The van der Waals surface area contributed by atoms with E-state index in [0.717, 1.165) is 55.2 Å². The molecular weight excluding hydrogens is 338 g/mol. The lowest BCUT2D eigenvalue weighted by molar-refractivity contribution is -0.134. The molecule has 1 atom stereocenters. The summed E-state index contributed by atoms with van der Waals surface area (Å²) in [5.74, 6) is 1.25. The molecule has 27 heavy (non-hydrogen) atoms. The number of imidazole rings is 2. The smallest absolute Gasteiger partial charge is 0.228 e. The Morgan fingerprint density at radius 2 is 2.11 bits per heavy atom. The van der Waals surface area contributed by atoms with Gasteiger partial charge < -0.3 is 13.9 Å². The molecule has 0 aliphatic carbocycles. The first kappa shape index (κ1) is 17.8. The summed E-state index contributed by atoms with van der Waals surface area (Å²) in [4.78, 5) is 24.2. The molecule has 0 N–H and O–H groups in total. The zero-order chi connectivity index (χ0) is 18.8. The van der Waals surface area contributed by atoms with E-state index in [1.165, 1.54) is 6.42 Å². The number of rotatable bonds is 5. The van der Waals surface area contributed by atoms with Gasteiger partial charge in [0, 0.05) is 37.7 Å². The number of amides is 1. The van der Waals surface area contributed by atoms with E-state index in [0.29, 0.717) is 12.5 Å². The fourth-order valence-electron chi connectivity index (χ4n) is 4.18. The molecule has 4 rings (SSSR count). The second kappa shape index (κ2) is 7.55. The number of carbonyl (C=O) groups excluding carboxylic acids is 1. The Kier molecular flexibility index (Phi) is 4.97. The molecule has 0 bridgehead atoms. The highest BCUT2D eigenvalue weighted by atomic mass is 16.2. The number of piperidine rings is 1. The van der Waals surface area contributed by atoms with Gasteiger partial charge in [-0.3, -0.25) is 4.79 Å². The fraction of sp³-hybridized carbons (Fsp3) is 0.476. The summed E-state index contributed by atoms with van der Waals surface area (Å²) < 4.78 is 4.22. The topological polar surface area (TPSA) is 55.4 Å². The van der Waals surface area contributed by atoms with Crippen molar-refractivity contribution < 1.29 is 4.79 Å². The summed E-state index contributed by atoms with van der Waals surface area (Å²) in [6.07, 6.45) is 10.6. The van der Waals surface area contributed by atoms with Crippen molar-refractivity contribution >= 4 is 11.6 Å². The zero-order valence-electron chi connectivity index (χ0n) is 16.1. The summed E-state index contributed by atoms with van der Waals surface area (Å²) >= 11 is 0. The summed E-state index contributed by atoms with van der Waals surface area (Å²) in [7, 11) is 0. The van der Waals surface area contributed by atoms with Crippen molar-refractivity contribution in [2.45, 2.75) is 58.5 Å². The van der Waals surface area contributed by atoms with Gasteiger partial charge in [0.25, 0.3) is 0 Å². The van der Waals surface area contributed by atoms with Crippen LogP contribution in [-0.4, -0.2) is 42.3 Å². The summed E-state index contributed by atoms with van der Waals surface area (Å²) in [5.41, 5.74) is 2.85. The highest BCUT2D eigenvalue weighted by molar-refractivity contribution is 5.79. The van der Waals surface area contributed by atoms with E-state index in [2.05, 4.69) is 19.4 Å². The van der Waals surface area contributed by atoms with Crippen LogP contribution in [0.2, 0.25) is 0 Å². The Morgan fingerprint density at radius 3 is 2.93 bits per heavy atom. The van der Waals surface area contributed by atoms with Crippen molar-refractivity contribution in [2.75, 3.05) is 6.54 Å². The third kappa shape index (κ3) is 3.61. The average molecular weight is 365 g/mol. The van der Waals surface area contributed by atoms with Gasteiger partial charge in [-0.05, 0) is 51.7 Å². The van der Waals surface area contributed by atoms with Gasteiger partial charge in [-0.15, -0.1) is 0 Å². The maximum absolute atomic E-state index is 13.2. The molecular formula is C21H27N5O. The van der Waals surface area contributed by atoms with Crippen molar-refractivity contribution in [3.8, 4) is 0 Å². The number of fused-ring (bicyclic) bond motifs is 1. The van der Waals surface area contributed by atoms with E-state index in [-0.39, 0.29) is 5.91 Å². The minimum Gasteiger partial charge on any atom is -0.339 e.